The van der Waals surface area contributed by atoms with Crippen molar-refractivity contribution in [2.45, 2.75) is 26.0 Å². The van der Waals surface area contributed by atoms with E-state index in [1.807, 2.05) is 6.07 Å². The number of ketones is 1. The maximum atomic E-state index is 13.3. The van der Waals surface area contributed by atoms with E-state index in [4.69, 9.17) is 21.1 Å². The number of amides is 1. The SMILES string of the molecule is COc1cc(/C(O)=C2/C(=O)C(=O)N(c3ccc(C(=O)OC(C)C)cc3)C2c2ccccc2)ccc1Cl. The summed E-state index contributed by atoms with van der Waals surface area (Å²) in [5.74, 6) is -2.16. The van der Waals surface area contributed by atoms with E-state index < -0.39 is 23.7 Å². The third-order valence-corrected chi connectivity index (χ3v) is 6.02. The number of rotatable bonds is 6. The van der Waals surface area contributed by atoms with Crippen LogP contribution in [0.1, 0.15) is 41.4 Å². The van der Waals surface area contributed by atoms with Gasteiger partial charge in [-0.25, -0.2) is 4.79 Å². The summed E-state index contributed by atoms with van der Waals surface area (Å²) in [5.41, 5.74) is 1.54. The van der Waals surface area contributed by atoms with Gasteiger partial charge in [0, 0.05) is 11.3 Å². The van der Waals surface area contributed by atoms with Crippen molar-refractivity contribution in [2.75, 3.05) is 12.0 Å². The van der Waals surface area contributed by atoms with Crippen molar-refractivity contribution in [3.63, 3.8) is 0 Å². The van der Waals surface area contributed by atoms with Crippen LogP contribution >= 0.6 is 11.6 Å². The van der Waals surface area contributed by atoms with Gasteiger partial charge in [0.25, 0.3) is 11.7 Å². The molecule has 0 bridgehead atoms. The predicted octanol–water partition coefficient (Wildman–Crippen LogP) is 5.54. The van der Waals surface area contributed by atoms with Gasteiger partial charge in [-0.05, 0) is 61.9 Å². The van der Waals surface area contributed by atoms with Crippen molar-refractivity contribution in [3.8, 4) is 5.75 Å². The standard InChI is InChI=1S/C28H24ClNO6/c1-16(2)36-28(34)18-9-12-20(13-10-18)30-24(17-7-5-4-6-8-17)23(26(32)27(30)33)25(31)19-11-14-21(29)22(15-19)35-3/h4-16,24,31H,1-3H3/b25-23-. The van der Waals surface area contributed by atoms with Gasteiger partial charge in [0.1, 0.15) is 11.5 Å². The highest BCUT2D eigenvalue weighted by Crippen LogP contribution is 2.42. The molecule has 1 aliphatic rings. The topological polar surface area (TPSA) is 93.1 Å². The van der Waals surface area contributed by atoms with Crippen LogP contribution in [0.3, 0.4) is 0 Å². The zero-order valence-corrected chi connectivity index (χ0v) is 20.7. The first kappa shape index (κ1) is 25.0. The molecular formula is C28H24ClNO6. The number of methoxy groups -OCH3 is 1. The van der Waals surface area contributed by atoms with E-state index >= 15 is 0 Å². The summed E-state index contributed by atoms with van der Waals surface area (Å²) < 4.78 is 10.5. The number of nitrogens with zero attached hydrogens (tertiary/aromatic N) is 1. The average Bonchev–Trinajstić information content (AvgIpc) is 3.14. The highest BCUT2D eigenvalue weighted by molar-refractivity contribution is 6.51. The Morgan fingerprint density at radius 2 is 1.61 bits per heavy atom. The Hall–Kier alpha value is -4.10. The fourth-order valence-electron chi connectivity index (χ4n) is 4.05. The van der Waals surface area contributed by atoms with E-state index in [0.29, 0.717) is 27.6 Å². The molecule has 1 saturated heterocycles. The first-order valence-electron chi connectivity index (χ1n) is 11.2. The second-order valence-corrected chi connectivity index (χ2v) is 8.84. The van der Waals surface area contributed by atoms with Crippen LogP contribution in [0.15, 0.2) is 78.4 Å². The molecule has 1 N–H and O–H groups in total. The van der Waals surface area contributed by atoms with Crippen LogP contribution in [-0.2, 0) is 14.3 Å². The normalized spacial score (nSPS) is 16.9. The zero-order chi connectivity index (χ0) is 26.0. The molecule has 36 heavy (non-hydrogen) atoms. The quantitative estimate of drug-likeness (QED) is 0.204. The van der Waals surface area contributed by atoms with Crippen LogP contribution in [0.4, 0.5) is 5.69 Å². The molecule has 0 aromatic heterocycles. The predicted molar refractivity (Wildman–Crippen MR) is 136 cm³/mol. The van der Waals surface area contributed by atoms with Gasteiger partial charge >= 0.3 is 5.97 Å². The van der Waals surface area contributed by atoms with Gasteiger partial charge in [-0.2, -0.15) is 0 Å². The summed E-state index contributed by atoms with van der Waals surface area (Å²) in [7, 11) is 1.44. The molecule has 1 fully saturated rings. The monoisotopic (exact) mass is 505 g/mol. The third-order valence-electron chi connectivity index (χ3n) is 5.71. The van der Waals surface area contributed by atoms with Crippen LogP contribution in [0.25, 0.3) is 5.76 Å². The Kier molecular flexibility index (Phi) is 7.12. The second-order valence-electron chi connectivity index (χ2n) is 8.43. The number of ether oxygens (including phenoxy) is 2. The number of anilines is 1. The summed E-state index contributed by atoms with van der Waals surface area (Å²) in [6, 6.07) is 18.8. The number of carbonyl (C=O) groups excluding carboxylic acids is 3. The molecule has 0 radical (unpaired) electrons. The number of aliphatic hydroxyl groups excluding tert-OH is 1. The van der Waals surface area contributed by atoms with Gasteiger partial charge in [0.2, 0.25) is 0 Å². The van der Waals surface area contributed by atoms with E-state index in [0.717, 1.165) is 0 Å². The fourth-order valence-corrected chi connectivity index (χ4v) is 4.25. The molecule has 1 amide bonds. The summed E-state index contributed by atoms with van der Waals surface area (Å²) in [4.78, 5) is 40.1. The Labute approximate surface area is 213 Å². The Morgan fingerprint density at radius 3 is 2.22 bits per heavy atom. The smallest absolute Gasteiger partial charge is 0.338 e. The van der Waals surface area contributed by atoms with Crippen molar-refractivity contribution >= 4 is 40.7 Å². The van der Waals surface area contributed by atoms with E-state index in [1.165, 1.54) is 36.3 Å². The molecule has 7 nitrogen and oxygen atoms in total. The average molecular weight is 506 g/mol. The summed E-state index contributed by atoms with van der Waals surface area (Å²) in [6.45, 7) is 3.50. The molecule has 1 atom stereocenters. The van der Waals surface area contributed by atoms with Crippen LogP contribution in [0.2, 0.25) is 5.02 Å². The lowest BCUT2D eigenvalue weighted by atomic mass is 9.95. The van der Waals surface area contributed by atoms with Crippen molar-refractivity contribution in [1.29, 1.82) is 0 Å². The number of carbonyl (C=O) groups is 3. The van der Waals surface area contributed by atoms with E-state index in [1.54, 1.807) is 56.3 Å². The zero-order valence-electron chi connectivity index (χ0n) is 19.9. The molecule has 8 heteroatoms. The summed E-state index contributed by atoms with van der Waals surface area (Å²) in [5, 5.41) is 11.6. The minimum absolute atomic E-state index is 0.0705. The molecule has 3 aromatic carbocycles. The number of benzene rings is 3. The molecule has 1 aliphatic heterocycles. The number of aliphatic hydroxyl groups is 1. The number of esters is 1. The van der Waals surface area contributed by atoms with E-state index in [-0.39, 0.29) is 23.0 Å². The number of hydrogen-bond acceptors (Lipinski definition) is 6. The number of Topliss-reactive ketones (excluding diaryl/α,β-unsaturated/α-hetero) is 1. The van der Waals surface area contributed by atoms with Crippen LogP contribution in [0.5, 0.6) is 5.75 Å². The van der Waals surface area contributed by atoms with Gasteiger partial charge < -0.3 is 14.6 Å². The van der Waals surface area contributed by atoms with Gasteiger partial charge in [-0.15, -0.1) is 0 Å². The van der Waals surface area contributed by atoms with Gasteiger partial charge in [-0.3, -0.25) is 14.5 Å². The van der Waals surface area contributed by atoms with Crippen LogP contribution in [0, 0.1) is 0 Å². The molecule has 0 spiro atoms. The third kappa shape index (κ3) is 4.70. The van der Waals surface area contributed by atoms with Gasteiger partial charge in [0.05, 0.1) is 35.4 Å². The first-order valence-corrected chi connectivity index (χ1v) is 11.6. The highest BCUT2D eigenvalue weighted by Gasteiger charge is 2.47. The van der Waals surface area contributed by atoms with Crippen molar-refractivity contribution in [3.05, 3.63) is 100 Å². The lowest BCUT2D eigenvalue weighted by Crippen LogP contribution is -2.29. The molecule has 1 heterocycles. The Bertz CT molecular complexity index is 1350. The molecule has 1 unspecified atom stereocenters. The van der Waals surface area contributed by atoms with Gasteiger partial charge in [-0.1, -0.05) is 41.9 Å². The Balaban J connectivity index is 1.83. The molecular weight excluding hydrogens is 482 g/mol. The van der Waals surface area contributed by atoms with Gasteiger partial charge in [0.15, 0.2) is 0 Å². The highest BCUT2D eigenvalue weighted by atomic mass is 35.5. The minimum atomic E-state index is -0.902. The lowest BCUT2D eigenvalue weighted by molar-refractivity contribution is -0.132. The largest absolute Gasteiger partial charge is 0.507 e. The maximum Gasteiger partial charge on any atom is 0.338 e. The molecule has 3 aromatic rings. The molecule has 4 rings (SSSR count). The maximum absolute atomic E-state index is 13.3. The van der Waals surface area contributed by atoms with E-state index in [9.17, 15) is 19.5 Å². The van der Waals surface area contributed by atoms with Crippen molar-refractivity contribution < 1.29 is 29.0 Å². The summed E-state index contributed by atoms with van der Waals surface area (Å²) in [6.07, 6.45) is -0.278. The molecule has 184 valence electrons. The minimum Gasteiger partial charge on any atom is -0.507 e. The van der Waals surface area contributed by atoms with Crippen LogP contribution < -0.4 is 9.64 Å². The van der Waals surface area contributed by atoms with Crippen LogP contribution in [-0.4, -0.2) is 36.0 Å². The second kappa shape index (κ2) is 10.3. The lowest BCUT2D eigenvalue weighted by Gasteiger charge is -2.25. The van der Waals surface area contributed by atoms with Crippen molar-refractivity contribution in [1.82, 2.24) is 0 Å². The number of hydrogen-bond donors (Lipinski definition) is 1. The molecule has 0 aliphatic carbocycles. The van der Waals surface area contributed by atoms with Crippen molar-refractivity contribution in [2.24, 2.45) is 0 Å². The first-order chi connectivity index (χ1) is 17.2. The van der Waals surface area contributed by atoms with E-state index in [2.05, 4.69) is 0 Å². The fraction of sp³-hybridized carbons (Fsp3) is 0.179. The Morgan fingerprint density at radius 1 is 0.972 bits per heavy atom. The molecule has 0 saturated carbocycles. The number of halogens is 1. The summed E-state index contributed by atoms with van der Waals surface area (Å²) >= 11 is 6.12.